The lowest BCUT2D eigenvalue weighted by molar-refractivity contribution is -0.144. The fourth-order valence-electron chi connectivity index (χ4n) is 2.87. The van der Waals surface area contributed by atoms with Gasteiger partial charge in [0.25, 0.3) is 0 Å². The van der Waals surface area contributed by atoms with Crippen molar-refractivity contribution < 1.29 is 29.3 Å². The molecule has 1 aliphatic rings. The third-order valence-corrected chi connectivity index (χ3v) is 4.12. The fraction of sp³-hybridized carbons (Fsp3) is 0.263. The van der Waals surface area contributed by atoms with E-state index >= 15 is 0 Å². The molecule has 1 amide bonds. The molecule has 7 heteroatoms. The summed E-state index contributed by atoms with van der Waals surface area (Å²) in [6.45, 7) is -0.162. The Balaban J connectivity index is 1.70. The van der Waals surface area contributed by atoms with Crippen molar-refractivity contribution in [3.05, 3.63) is 66.2 Å². The first-order valence-corrected chi connectivity index (χ1v) is 8.16. The second-order valence-electron chi connectivity index (χ2n) is 5.94. The van der Waals surface area contributed by atoms with Crippen molar-refractivity contribution in [3.63, 3.8) is 0 Å². The van der Waals surface area contributed by atoms with Crippen LogP contribution in [0.4, 0.5) is 4.79 Å². The van der Waals surface area contributed by atoms with Gasteiger partial charge in [-0.1, -0.05) is 48.5 Å². The van der Waals surface area contributed by atoms with E-state index in [-0.39, 0.29) is 13.2 Å². The average molecular weight is 357 g/mol. The smallest absolute Gasteiger partial charge is 0.411 e. The van der Waals surface area contributed by atoms with Gasteiger partial charge in [-0.3, -0.25) is 4.90 Å². The Kier molecular flexibility index (Phi) is 5.38. The second kappa shape index (κ2) is 7.88. The SMILES string of the molecule is O=C(O)[C@@H]1[C@H](Oc2ccccc2)[C@@H](O)CN1C(=O)OCc1ccccc1. The number of aliphatic hydroxyl groups is 1. The lowest BCUT2D eigenvalue weighted by Gasteiger charge is -2.24. The molecule has 3 rings (SSSR count). The lowest BCUT2D eigenvalue weighted by Crippen LogP contribution is -2.47. The number of aliphatic hydroxyl groups excluding tert-OH is 1. The standard InChI is InChI=1S/C19H19NO6/c21-15-11-20(19(24)25-12-13-7-3-1-4-8-13)16(18(22)23)17(15)26-14-9-5-2-6-10-14/h1-10,15-17,21H,11-12H2,(H,22,23)/t15-,16-,17+/m0/s1. The number of para-hydroxylation sites is 1. The molecule has 0 radical (unpaired) electrons. The number of carbonyl (C=O) groups excluding carboxylic acids is 1. The quantitative estimate of drug-likeness (QED) is 0.848. The summed E-state index contributed by atoms with van der Waals surface area (Å²) in [4.78, 5) is 25.0. The summed E-state index contributed by atoms with van der Waals surface area (Å²) in [7, 11) is 0. The van der Waals surface area contributed by atoms with E-state index < -0.39 is 30.3 Å². The van der Waals surface area contributed by atoms with Gasteiger partial charge in [0.15, 0.2) is 12.1 Å². The molecule has 0 saturated carbocycles. The molecule has 2 N–H and O–H groups in total. The van der Waals surface area contributed by atoms with Crippen molar-refractivity contribution in [2.75, 3.05) is 6.54 Å². The van der Waals surface area contributed by atoms with E-state index in [2.05, 4.69) is 0 Å². The number of benzene rings is 2. The second-order valence-corrected chi connectivity index (χ2v) is 5.94. The van der Waals surface area contributed by atoms with Crippen molar-refractivity contribution in [2.24, 2.45) is 0 Å². The third-order valence-electron chi connectivity index (χ3n) is 4.12. The summed E-state index contributed by atoms with van der Waals surface area (Å²) >= 11 is 0. The van der Waals surface area contributed by atoms with E-state index in [0.717, 1.165) is 10.5 Å². The average Bonchev–Trinajstić information content (AvgIpc) is 2.98. The molecule has 1 fully saturated rings. The van der Waals surface area contributed by atoms with Crippen molar-refractivity contribution >= 4 is 12.1 Å². The molecule has 0 spiro atoms. The van der Waals surface area contributed by atoms with Crippen molar-refractivity contribution in [1.82, 2.24) is 4.90 Å². The minimum absolute atomic E-state index is 0.0167. The summed E-state index contributed by atoms with van der Waals surface area (Å²) in [6.07, 6.45) is -3.03. The molecule has 2 aromatic rings. The van der Waals surface area contributed by atoms with Crippen LogP contribution in [0, 0.1) is 0 Å². The molecule has 1 saturated heterocycles. The molecule has 3 atom stereocenters. The molecule has 0 aromatic heterocycles. The molecule has 1 heterocycles. The Morgan fingerprint density at radius 3 is 2.27 bits per heavy atom. The highest BCUT2D eigenvalue weighted by Crippen LogP contribution is 2.25. The highest BCUT2D eigenvalue weighted by Gasteiger charge is 2.50. The van der Waals surface area contributed by atoms with Crippen LogP contribution in [0.5, 0.6) is 5.75 Å². The van der Waals surface area contributed by atoms with Gasteiger partial charge in [0.2, 0.25) is 0 Å². The zero-order valence-corrected chi connectivity index (χ0v) is 13.9. The number of hydrogen-bond acceptors (Lipinski definition) is 5. The first-order chi connectivity index (χ1) is 12.6. The fourth-order valence-corrected chi connectivity index (χ4v) is 2.87. The van der Waals surface area contributed by atoms with Crippen molar-refractivity contribution in [3.8, 4) is 5.75 Å². The summed E-state index contributed by atoms with van der Waals surface area (Å²) in [6, 6.07) is 16.3. The van der Waals surface area contributed by atoms with Gasteiger partial charge < -0.3 is 19.7 Å². The van der Waals surface area contributed by atoms with Gasteiger partial charge in [0.1, 0.15) is 18.5 Å². The van der Waals surface area contributed by atoms with Gasteiger partial charge in [-0.05, 0) is 17.7 Å². The Morgan fingerprint density at radius 1 is 1.04 bits per heavy atom. The lowest BCUT2D eigenvalue weighted by atomic mass is 10.1. The number of aliphatic carboxylic acids is 1. The van der Waals surface area contributed by atoms with E-state index in [9.17, 15) is 19.8 Å². The van der Waals surface area contributed by atoms with Crippen LogP contribution in [0.3, 0.4) is 0 Å². The molecule has 2 aromatic carbocycles. The zero-order chi connectivity index (χ0) is 18.5. The molecule has 1 aliphatic heterocycles. The van der Waals surface area contributed by atoms with E-state index in [0.29, 0.717) is 5.75 Å². The van der Waals surface area contributed by atoms with Crippen LogP contribution in [0.15, 0.2) is 60.7 Å². The minimum atomic E-state index is -1.34. The maximum Gasteiger partial charge on any atom is 0.411 e. The Labute approximate surface area is 150 Å². The molecular formula is C19H19NO6. The monoisotopic (exact) mass is 357 g/mol. The predicted molar refractivity (Wildman–Crippen MR) is 91.6 cm³/mol. The molecular weight excluding hydrogens is 338 g/mol. The van der Waals surface area contributed by atoms with E-state index in [1.165, 1.54) is 0 Å². The zero-order valence-electron chi connectivity index (χ0n) is 13.9. The topological polar surface area (TPSA) is 96.3 Å². The van der Waals surface area contributed by atoms with Gasteiger partial charge in [-0.25, -0.2) is 9.59 Å². The van der Waals surface area contributed by atoms with Crippen LogP contribution in [-0.4, -0.2) is 52.0 Å². The maximum atomic E-state index is 12.4. The number of nitrogens with zero attached hydrogens (tertiary/aromatic N) is 1. The van der Waals surface area contributed by atoms with Crippen LogP contribution in [-0.2, 0) is 16.1 Å². The number of β-amino-alcohol motifs (C(OH)–C–C–N with tert-alkyl or cyclic N) is 1. The van der Waals surface area contributed by atoms with Gasteiger partial charge in [0, 0.05) is 0 Å². The Morgan fingerprint density at radius 2 is 1.65 bits per heavy atom. The molecule has 7 nitrogen and oxygen atoms in total. The molecule has 26 heavy (non-hydrogen) atoms. The normalized spacial score (nSPS) is 22.0. The number of carboxylic acid groups (broad SMARTS) is 1. The van der Waals surface area contributed by atoms with Crippen LogP contribution in [0.25, 0.3) is 0 Å². The summed E-state index contributed by atoms with van der Waals surface area (Å²) in [5.41, 5.74) is 0.782. The summed E-state index contributed by atoms with van der Waals surface area (Å²) < 4.78 is 10.8. The number of carboxylic acids is 1. The Hall–Kier alpha value is -3.06. The number of hydrogen-bond donors (Lipinski definition) is 2. The van der Waals surface area contributed by atoms with Crippen molar-refractivity contribution in [2.45, 2.75) is 24.9 Å². The predicted octanol–water partition coefficient (Wildman–Crippen LogP) is 1.90. The summed E-state index contributed by atoms with van der Waals surface area (Å²) in [5.74, 6) is -0.846. The molecule has 0 bridgehead atoms. The first-order valence-electron chi connectivity index (χ1n) is 8.16. The van der Waals surface area contributed by atoms with Crippen LogP contribution < -0.4 is 4.74 Å². The molecule has 0 unspecified atom stereocenters. The summed E-state index contributed by atoms with van der Waals surface area (Å²) in [5, 5.41) is 19.8. The molecule has 0 aliphatic carbocycles. The highest BCUT2D eigenvalue weighted by atomic mass is 16.6. The van der Waals surface area contributed by atoms with E-state index in [1.807, 2.05) is 18.2 Å². The van der Waals surface area contributed by atoms with E-state index in [4.69, 9.17) is 9.47 Å². The molecule has 136 valence electrons. The number of rotatable bonds is 5. The largest absolute Gasteiger partial charge is 0.485 e. The van der Waals surface area contributed by atoms with Gasteiger partial charge in [0.05, 0.1) is 6.54 Å². The van der Waals surface area contributed by atoms with Gasteiger partial charge in [-0.15, -0.1) is 0 Å². The first kappa shape index (κ1) is 17.8. The van der Waals surface area contributed by atoms with Crippen LogP contribution in [0.1, 0.15) is 5.56 Å². The van der Waals surface area contributed by atoms with Gasteiger partial charge in [-0.2, -0.15) is 0 Å². The number of likely N-dealkylation sites (tertiary alicyclic amines) is 1. The van der Waals surface area contributed by atoms with E-state index in [1.54, 1.807) is 42.5 Å². The highest BCUT2D eigenvalue weighted by molar-refractivity contribution is 5.82. The maximum absolute atomic E-state index is 12.4. The van der Waals surface area contributed by atoms with Crippen LogP contribution >= 0.6 is 0 Å². The number of carbonyl (C=O) groups is 2. The minimum Gasteiger partial charge on any atom is -0.485 e. The number of ether oxygens (including phenoxy) is 2. The van der Waals surface area contributed by atoms with Crippen molar-refractivity contribution in [1.29, 1.82) is 0 Å². The Bertz CT molecular complexity index is 751. The van der Waals surface area contributed by atoms with Gasteiger partial charge >= 0.3 is 12.1 Å². The number of amides is 1. The third kappa shape index (κ3) is 3.94. The van der Waals surface area contributed by atoms with Crippen LogP contribution in [0.2, 0.25) is 0 Å².